The number of hydrogen-bond acceptors (Lipinski definition) is 5. The average Bonchev–Trinajstić information content (AvgIpc) is 3.17. The molecule has 1 atom stereocenters. The Kier molecular flexibility index (Phi) is 7.10. The van der Waals surface area contributed by atoms with Crippen LogP contribution in [0.1, 0.15) is 44.4 Å². The number of anilines is 2. The molecule has 4 rings (SSSR count). The Balaban J connectivity index is 1.58. The first-order valence-electron chi connectivity index (χ1n) is 11.0. The Morgan fingerprint density at radius 3 is 2.61 bits per heavy atom. The molecule has 1 aliphatic heterocycles. The fourth-order valence-electron chi connectivity index (χ4n) is 3.91. The molecule has 1 aliphatic rings. The van der Waals surface area contributed by atoms with Crippen molar-refractivity contribution in [1.82, 2.24) is 14.8 Å². The monoisotopic (exact) mass is 481 g/mol. The van der Waals surface area contributed by atoms with Crippen molar-refractivity contribution in [3.63, 3.8) is 0 Å². The van der Waals surface area contributed by atoms with Gasteiger partial charge in [-0.05, 0) is 61.6 Å². The third-order valence-corrected chi connectivity index (χ3v) is 6.74. The second-order valence-electron chi connectivity index (χ2n) is 8.65. The number of carbonyl (C=O) groups excluding carboxylic acids is 1. The molecule has 2 aromatic carbocycles. The number of aryl methyl sites for hydroxylation is 1. The van der Waals surface area contributed by atoms with E-state index in [0.29, 0.717) is 33.3 Å². The van der Waals surface area contributed by atoms with Crippen LogP contribution in [0.4, 0.5) is 11.6 Å². The maximum Gasteiger partial charge on any atom is 0.255 e. The summed E-state index contributed by atoms with van der Waals surface area (Å²) >= 11 is 7.58. The molecule has 1 amide bonds. The van der Waals surface area contributed by atoms with E-state index in [-0.39, 0.29) is 11.9 Å². The Hall–Kier alpha value is -2.77. The smallest absolute Gasteiger partial charge is 0.255 e. The summed E-state index contributed by atoms with van der Waals surface area (Å²) in [6.07, 6.45) is 0.778. The summed E-state index contributed by atoms with van der Waals surface area (Å²) in [5, 5.41) is 12.4. The van der Waals surface area contributed by atoms with Crippen LogP contribution in [-0.4, -0.2) is 20.7 Å². The van der Waals surface area contributed by atoms with Gasteiger partial charge in [-0.3, -0.25) is 4.79 Å². The van der Waals surface area contributed by atoms with Gasteiger partial charge in [0.05, 0.1) is 11.6 Å². The minimum absolute atomic E-state index is 0.150. The SMILES string of the molecule is CC1=C(C(=O)Nc2ccc(Cl)cc2)[C@@H](CC(C)C)n2nc(SCc3ccccc3C)nc2N1. The van der Waals surface area contributed by atoms with Crippen LogP contribution < -0.4 is 10.6 Å². The van der Waals surface area contributed by atoms with Crippen LogP contribution in [0, 0.1) is 12.8 Å². The highest BCUT2D eigenvalue weighted by Crippen LogP contribution is 2.36. The molecule has 2 N–H and O–H groups in total. The molecule has 2 heterocycles. The minimum atomic E-state index is -0.200. The third-order valence-electron chi connectivity index (χ3n) is 5.60. The zero-order valence-electron chi connectivity index (χ0n) is 19.2. The standard InChI is InChI=1S/C25H28ClN5OS/c1-15(2)13-21-22(23(32)28-20-11-9-19(26)10-12-20)17(4)27-24-29-25(30-31(21)24)33-14-18-8-6-5-7-16(18)3/h5-12,15,21H,13-14H2,1-4H3,(H,28,32)(H,27,29,30)/t21-/m1/s1. The van der Waals surface area contributed by atoms with Gasteiger partial charge in [0.15, 0.2) is 0 Å². The quantitative estimate of drug-likeness (QED) is 0.379. The van der Waals surface area contributed by atoms with Crippen molar-refractivity contribution in [2.75, 3.05) is 10.6 Å². The van der Waals surface area contributed by atoms with Gasteiger partial charge in [0.25, 0.3) is 5.91 Å². The van der Waals surface area contributed by atoms with Crippen molar-refractivity contribution in [2.24, 2.45) is 5.92 Å². The zero-order valence-corrected chi connectivity index (χ0v) is 20.8. The number of amides is 1. The van der Waals surface area contributed by atoms with Gasteiger partial charge in [-0.15, -0.1) is 5.10 Å². The minimum Gasteiger partial charge on any atom is -0.328 e. The van der Waals surface area contributed by atoms with E-state index in [1.54, 1.807) is 36.0 Å². The van der Waals surface area contributed by atoms with E-state index in [0.717, 1.165) is 17.9 Å². The van der Waals surface area contributed by atoms with Crippen LogP contribution in [-0.2, 0) is 10.5 Å². The Bertz CT molecular complexity index is 1190. The molecule has 0 unspecified atom stereocenters. The first-order valence-corrected chi connectivity index (χ1v) is 12.4. The number of thioether (sulfide) groups is 1. The molecular weight excluding hydrogens is 454 g/mol. The van der Waals surface area contributed by atoms with Crippen molar-refractivity contribution < 1.29 is 4.79 Å². The van der Waals surface area contributed by atoms with E-state index in [2.05, 4.69) is 43.5 Å². The summed E-state index contributed by atoms with van der Waals surface area (Å²) < 4.78 is 1.87. The number of hydrogen-bond donors (Lipinski definition) is 2. The fraction of sp³-hybridized carbons (Fsp3) is 0.320. The van der Waals surface area contributed by atoms with Gasteiger partial charge < -0.3 is 10.6 Å². The lowest BCUT2D eigenvalue weighted by Crippen LogP contribution is -2.31. The summed E-state index contributed by atoms with van der Waals surface area (Å²) in [5.74, 6) is 1.69. The van der Waals surface area contributed by atoms with Crippen molar-refractivity contribution in [2.45, 2.75) is 51.1 Å². The molecule has 0 bridgehead atoms. The third kappa shape index (κ3) is 5.42. The molecule has 0 saturated carbocycles. The van der Waals surface area contributed by atoms with Crippen molar-refractivity contribution >= 4 is 40.9 Å². The number of rotatable bonds is 7. The summed E-state index contributed by atoms with van der Waals surface area (Å²) in [5.41, 5.74) is 4.68. The number of benzene rings is 2. The van der Waals surface area contributed by atoms with Gasteiger partial charge in [-0.25, -0.2) is 4.68 Å². The molecule has 0 aliphatic carbocycles. The first kappa shape index (κ1) is 23.4. The molecule has 172 valence electrons. The van der Waals surface area contributed by atoms with Crippen LogP contribution in [0.3, 0.4) is 0 Å². The van der Waals surface area contributed by atoms with E-state index >= 15 is 0 Å². The lowest BCUT2D eigenvalue weighted by atomic mass is 9.94. The van der Waals surface area contributed by atoms with Crippen LogP contribution in [0.5, 0.6) is 0 Å². The Morgan fingerprint density at radius 1 is 1.18 bits per heavy atom. The van der Waals surface area contributed by atoms with Crippen molar-refractivity contribution in [3.05, 3.63) is 76.0 Å². The molecule has 0 radical (unpaired) electrons. The van der Waals surface area contributed by atoms with Crippen LogP contribution >= 0.6 is 23.4 Å². The normalized spacial score (nSPS) is 15.4. The maximum atomic E-state index is 13.3. The predicted molar refractivity (Wildman–Crippen MR) is 136 cm³/mol. The molecule has 33 heavy (non-hydrogen) atoms. The van der Waals surface area contributed by atoms with Gasteiger partial charge in [0.2, 0.25) is 11.1 Å². The van der Waals surface area contributed by atoms with Crippen LogP contribution in [0.25, 0.3) is 0 Å². The molecule has 0 fully saturated rings. The van der Waals surface area contributed by atoms with E-state index in [4.69, 9.17) is 21.7 Å². The second-order valence-corrected chi connectivity index (χ2v) is 10.0. The summed E-state index contributed by atoms with van der Waals surface area (Å²) in [6.45, 7) is 8.33. The fourth-order valence-corrected chi connectivity index (χ4v) is 4.94. The molecule has 1 aromatic heterocycles. The highest BCUT2D eigenvalue weighted by molar-refractivity contribution is 7.98. The van der Waals surface area contributed by atoms with E-state index < -0.39 is 0 Å². The lowest BCUT2D eigenvalue weighted by molar-refractivity contribution is -0.113. The number of aromatic nitrogens is 3. The van der Waals surface area contributed by atoms with Gasteiger partial charge in [0, 0.05) is 22.2 Å². The molecule has 8 heteroatoms. The van der Waals surface area contributed by atoms with Gasteiger partial charge in [-0.2, -0.15) is 4.98 Å². The topological polar surface area (TPSA) is 71.8 Å². The average molecular weight is 482 g/mol. The maximum absolute atomic E-state index is 13.3. The zero-order chi connectivity index (χ0) is 23.5. The predicted octanol–water partition coefficient (Wildman–Crippen LogP) is 6.46. The molecule has 3 aromatic rings. The number of nitrogens with one attached hydrogen (secondary N) is 2. The van der Waals surface area contributed by atoms with Gasteiger partial charge in [0.1, 0.15) is 0 Å². The van der Waals surface area contributed by atoms with E-state index in [9.17, 15) is 4.79 Å². The highest BCUT2D eigenvalue weighted by Gasteiger charge is 2.33. The number of nitrogens with zero attached hydrogens (tertiary/aromatic N) is 3. The summed E-state index contributed by atoms with van der Waals surface area (Å²) in [6, 6.07) is 15.2. The summed E-state index contributed by atoms with van der Waals surface area (Å²) in [7, 11) is 0. The number of halogens is 1. The number of fused-ring (bicyclic) bond motifs is 1. The van der Waals surface area contributed by atoms with Crippen LogP contribution in [0.2, 0.25) is 5.02 Å². The Labute approximate surface area is 203 Å². The first-order chi connectivity index (χ1) is 15.8. The van der Waals surface area contributed by atoms with Gasteiger partial charge in [-0.1, -0.05) is 61.5 Å². The number of allylic oxidation sites excluding steroid dienone is 1. The van der Waals surface area contributed by atoms with Crippen LogP contribution in [0.15, 0.2) is 65.0 Å². The van der Waals surface area contributed by atoms with E-state index in [1.165, 1.54) is 11.1 Å². The number of carbonyl (C=O) groups is 1. The Morgan fingerprint density at radius 2 is 1.91 bits per heavy atom. The molecule has 0 spiro atoms. The van der Waals surface area contributed by atoms with E-state index in [1.807, 2.05) is 23.7 Å². The lowest BCUT2D eigenvalue weighted by Gasteiger charge is -2.29. The second kappa shape index (κ2) is 10.0. The highest BCUT2D eigenvalue weighted by atomic mass is 35.5. The largest absolute Gasteiger partial charge is 0.328 e. The van der Waals surface area contributed by atoms with Crippen molar-refractivity contribution in [1.29, 1.82) is 0 Å². The summed E-state index contributed by atoms with van der Waals surface area (Å²) in [4.78, 5) is 18.0. The van der Waals surface area contributed by atoms with Gasteiger partial charge >= 0.3 is 0 Å². The molecule has 0 saturated heterocycles. The molecule has 6 nitrogen and oxygen atoms in total. The van der Waals surface area contributed by atoms with Crippen molar-refractivity contribution in [3.8, 4) is 0 Å². The molecular formula is C25H28ClN5OS.